The number of methoxy groups -OCH3 is 1. The Bertz CT molecular complexity index is 754. The van der Waals surface area contributed by atoms with Crippen molar-refractivity contribution in [1.29, 1.82) is 0 Å². The molecule has 0 saturated heterocycles. The van der Waals surface area contributed by atoms with Crippen LogP contribution in [0, 0.1) is 0 Å². The quantitative estimate of drug-likeness (QED) is 0.644. The third kappa shape index (κ3) is 2.49. The number of ether oxygens (including phenoxy) is 1. The predicted molar refractivity (Wildman–Crippen MR) is 85.8 cm³/mol. The molecule has 3 heteroatoms. The van der Waals surface area contributed by atoms with Crippen molar-refractivity contribution < 1.29 is 9.15 Å². The molecular weight excluding hydrogens is 316 g/mol. The number of rotatable bonds is 3. The molecule has 2 aromatic carbocycles. The third-order valence-electron chi connectivity index (χ3n) is 3.10. The van der Waals surface area contributed by atoms with E-state index in [0.717, 1.165) is 32.5 Å². The Balaban J connectivity index is 1.91. The van der Waals surface area contributed by atoms with Gasteiger partial charge in [0.05, 0.1) is 11.6 Å². The highest BCUT2D eigenvalue weighted by atomic mass is 79.9. The zero-order valence-electron chi connectivity index (χ0n) is 11.0. The molecule has 0 fully saturated rings. The van der Waals surface area contributed by atoms with Gasteiger partial charge in [-0.1, -0.05) is 30.3 Å². The van der Waals surface area contributed by atoms with E-state index in [0.29, 0.717) is 0 Å². The maximum atomic E-state index is 5.81. The summed E-state index contributed by atoms with van der Waals surface area (Å²) in [6, 6.07) is 15.9. The van der Waals surface area contributed by atoms with Crippen LogP contribution in [0.25, 0.3) is 23.1 Å². The first-order chi connectivity index (χ1) is 9.78. The largest absolute Gasteiger partial charge is 0.497 e. The standard InChI is InChI=1S/C17H13BrO2/c1-19-13-9-6-12(7-10-13)8-11-16-17(18)14-4-2-3-5-15(14)20-16/h2-11H,1H3/b11-8+. The van der Waals surface area contributed by atoms with Crippen molar-refractivity contribution in [3.8, 4) is 5.75 Å². The van der Waals surface area contributed by atoms with Crippen LogP contribution in [0.15, 0.2) is 57.4 Å². The second-order valence-corrected chi connectivity index (χ2v) is 5.18. The average Bonchev–Trinajstić information content (AvgIpc) is 2.83. The van der Waals surface area contributed by atoms with Gasteiger partial charge in [0.2, 0.25) is 0 Å². The molecule has 0 amide bonds. The van der Waals surface area contributed by atoms with Gasteiger partial charge in [0, 0.05) is 5.39 Å². The van der Waals surface area contributed by atoms with Gasteiger partial charge in [-0.15, -0.1) is 0 Å². The lowest BCUT2D eigenvalue weighted by atomic mass is 10.2. The molecule has 0 aliphatic carbocycles. The summed E-state index contributed by atoms with van der Waals surface area (Å²) in [5, 5.41) is 1.09. The molecule has 0 spiro atoms. The van der Waals surface area contributed by atoms with E-state index >= 15 is 0 Å². The van der Waals surface area contributed by atoms with Gasteiger partial charge < -0.3 is 9.15 Å². The second-order valence-electron chi connectivity index (χ2n) is 4.38. The zero-order valence-corrected chi connectivity index (χ0v) is 12.6. The summed E-state index contributed by atoms with van der Waals surface area (Å²) in [4.78, 5) is 0. The topological polar surface area (TPSA) is 22.4 Å². The number of halogens is 1. The van der Waals surface area contributed by atoms with Crippen molar-refractivity contribution in [3.63, 3.8) is 0 Å². The SMILES string of the molecule is COc1ccc(/C=C/c2oc3ccccc3c2Br)cc1. The Labute approximate surface area is 125 Å². The molecule has 1 heterocycles. The molecule has 20 heavy (non-hydrogen) atoms. The lowest BCUT2D eigenvalue weighted by Crippen LogP contribution is -1.81. The molecule has 100 valence electrons. The van der Waals surface area contributed by atoms with E-state index in [-0.39, 0.29) is 0 Å². The lowest BCUT2D eigenvalue weighted by molar-refractivity contribution is 0.415. The fraction of sp³-hybridized carbons (Fsp3) is 0.0588. The summed E-state index contributed by atoms with van der Waals surface area (Å²) in [7, 11) is 1.66. The van der Waals surface area contributed by atoms with E-state index in [1.165, 1.54) is 0 Å². The third-order valence-corrected chi connectivity index (χ3v) is 3.92. The van der Waals surface area contributed by atoms with Crippen molar-refractivity contribution in [3.05, 3.63) is 64.3 Å². The fourth-order valence-corrected chi connectivity index (χ4v) is 2.57. The van der Waals surface area contributed by atoms with E-state index in [4.69, 9.17) is 9.15 Å². The number of para-hydroxylation sites is 1. The maximum absolute atomic E-state index is 5.81. The number of benzene rings is 2. The van der Waals surface area contributed by atoms with Gasteiger partial charge in [0.1, 0.15) is 17.1 Å². The summed E-state index contributed by atoms with van der Waals surface area (Å²) in [6.07, 6.45) is 3.98. The van der Waals surface area contributed by atoms with E-state index in [2.05, 4.69) is 15.9 Å². The summed E-state index contributed by atoms with van der Waals surface area (Å²) in [5.74, 6) is 1.68. The fourth-order valence-electron chi connectivity index (χ4n) is 2.03. The van der Waals surface area contributed by atoms with Crippen molar-refractivity contribution in [2.75, 3.05) is 7.11 Å². The Hall–Kier alpha value is -2.00. The summed E-state index contributed by atoms with van der Waals surface area (Å²) in [6.45, 7) is 0. The smallest absolute Gasteiger partial charge is 0.142 e. The molecule has 3 rings (SSSR count). The molecule has 1 aromatic heterocycles. The first-order valence-corrected chi connectivity index (χ1v) is 7.06. The molecule has 0 unspecified atom stereocenters. The molecular formula is C17H13BrO2. The molecule has 0 N–H and O–H groups in total. The number of hydrogen-bond donors (Lipinski definition) is 0. The minimum Gasteiger partial charge on any atom is -0.497 e. The van der Waals surface area contributed by atoms with Crippen LogP contribution < -0.4 is 4.74 Å². The Morgan fingerprint density at radius 1 is 1.00 bits per heavy atom. The van der Waals surface area contributed by atoms with E-state index in [1.54, 1.807) is 7.11 Å². The predicted octanol–water partition coefficient (Wildman–Crippen LogP) is 5.37. The Morgan fingerprint density at radius 3 is 2.45 bits per heavy atom. The Morgan fingerprint density at radius 2 is 1.75 bits per heavy atom. The van der Waals surface area contributed by atoms with Crippen LogP contribution in [0.1, 0.15) is 11.3 Å². The Kier molecular flexibility index (Phi) is 3.61. The van der Waals surface area contributed by atoms with Crippen LogP contribution in [0.5, 0.6) is 5.75 Å². The monoisotopic (exact) mass is 328 g/mol. The van der Waals surface area contributed by atoms with Crippen molar-refractivity contribution >= 4 is 39.1 Å². The average molecular weight is 329 g/mol. The number of fused-ring (bicyclic) bond motifs is 1. The van der Waals surface area contributed by atoms with Crippen LogP contribution in [0.2, 0.25) is 0 Å². The van der Waals surface area contributed by atoms with Crippen LogP contribution in [0.3, 0.4) is 0 Å². The summed E-state index contributed by atoms with van der Waals surface area (Å²) in [5.41, 5.74) is 1.98. The number of hydrogen-bond acceptors (Lipinski definition) is 2. The van der Waals surface area contributed by atoms with Crippen LogP contribution in [-0.4, -0.2) is 7.11 Å². The lowest BCUT2D eigenvalue weighted by Gasteiger charge is -1.98. The summed E-state index contributed by atoms with van der Waals surface area (Å²) < 4.78 is 11.9. The highest BCUT2D eigenvalue weighted by Gasteiger charge is 2.08. The molecule has 0 radical (unpaired) electrons. The second kappa shape index (κ2) is 5.55. The first-order valence-electron chi connectivity index (χ1n) is 6.27. The van der Waals surface area contributed by atoms with Gasteiger partial charge in [0.15, 0.2) is 0 Å². The molecule has 2 nitrogen and oxygen atoms in total. The molecule has 0 aliphatic rings. The molecule has 0 saturated carbocycles. The zero-order chi connectivity index (χ0) is 13.9. The molecule has 0 aliphatic heterocycles. The molecule has 0 bridgehead atoms. The molecule has 3 aromatic rings. The summed E-state index contributed by atoms with van der Waals surface area (Å²) >= 11 is 3.58. The molecule has 0 atom stereocenters. The minimum absolute atomic E-state index is 0.821. The van der Waals surface area contributed by atoms with Gasteiger partial charge in [-0.05, 0) is 51.8 Å². The van der Waals surface area contributed by atoms with Gasteiger partial charge in [0.25, 0.3) is 0 Å². The van der Waals surface area contributed by atoms with Crippen molar-refractivity contribution in [2.45, 2.75) is 0 Å². The van der Waals surface area contributed by atoms with Gasteiger partial charge in [-0.3, -0.25) is 0 Å². The van der Waals surface area contributed by atoms with Gasteiger partial charge in [-0.2, -0.15) is 0 Å². The van der Waals surface area contributed by atoms with Crippen LogP contribution in [0.4, 0.5) is 0 Å². The van der Waals surface area contributed by atoms with Crippen molar-refractivity contribution in [1.82, 2.24) is 0 Å². The van der Waals surface area contributed by atoms with E-state index in [1.807, 2.05) is 60.7 Å². The van der Waals surface area contributed by atoms with Crippen molar-refractivity contribution in [2.24, 2.45) is 0 Å². The van der Waals surface area contributed by atoms with Gasteiger partial charge >= 0.3 is 0 Å². The first kappa shape index (κ1) is 13.0. The number of furan rings is 1. The van der Waals surface area contributed by atoms with Crippen LogP contribution in [-0.2, 0) is 0 Å². The van der Waals surface area contributed by atoms with Crippen LogP contribution >= 0.6 is 15.9 Å². The highest BCUT2D eigenvalue weighted by Crippen LogP contribution is 2.31. The highest BCUT2D eigenvalue weighted by molar-refractivity contribution is 9.10. The van der Waals surface area contributed by atoms with E-state index < -0.39 is 0 Å². The van der Waals surface area contributed by atoms with Gasteiger partial charge in [-0.25, -0.2) is 0 Å². The van der Waals surface area contributed by atoms with E-state index in [9.17, 15) is 0 Å². The minimum atomic E-state index is 0.821. The maximum Gasteiger partial charge on any atom is 0.142 e. The normalized spacial score (nSPS) is 11.3.